The van der Waals surface area contributed by atoms with Gasteiger partial charge in [-0.25, -0.2) is 4.79 Å². The van der Waals surface area contributed by atoms with Crippen molar-refractivity contribution >= 4 is 34.9 Å². The van der Waals surface area contributed by atoms with Crippen LogP contribution in [0.2, 0.25) is 5.02 Å². The Morgan fingerprint density at radius 2 is 1.67 bits per heavy atom. The Bertz CT molecular complexity index is 756. The van der Waals surface area contributed by atoms with Gasteiger partial charge in [-0.3, -0.25) is 9.59 Å². The summed E-state index contributed by atoms with van der Waals surface area (Å²) in [6.45, 7) is 0. The van der Waals surface area contributed by atoms with E-state index in [1.165, 1.54) is 7.11 Å². The summed E-state index contributed by atoms with van der Waals surface area (Å²) in [6, 6.07) is 13.0. The van der Waals surface area contributed by atoms with E-state index in [0.717, 1.165) is 0 Å². The fraction of sp³-hybridized carbons (Fsp3) is 0.167. The van der Waals surface area contributed by atoms with Crippen LogP contribution in [0, 0.1) is 0 Å². The van der Waals surface area contributed by atoms with Gasteiger partial charge in [0.25, 0.3) is 0 Å². The van der Waals surface area contributed by atoms with Gasteiger partial charge >= 0.3 is 5.97 Å². The molecule has 0 unspecified atom stereocenters. The van der Waals surface area contributed by atoms with Gasteiger partial charge in [0, 0.05) is 24.1 Å². The molecule has 1 N–H and O–H groups in total. The summed E-state index contributed by atoms with van der Waals surface area (Å²) < 4.78 is 4.60. The Labute approximate surface area is 144 Å². The predicted octanol–water partition coefficient (Wildman–Crippen LogP) is 3.73. The number of benzene rings is 2. The van der Waals surface area contributed by atoms with Crippen LogP contribution >= 0.6 is 11.6 Å². The Morgan fingerprint density at radius 1 is 1.00 bits per heavy atom. The van der Waals surface area contributed by atoms with Crippen molar-refractivity contribution < 1.29 is 19.1 Å². The third-order valence-electron chi connectivity index (χ3n) is 3.34. The molecule has 6 heteroatoms. The van der Waals surface area contributed by atoms with Gasteiger partial charge in [-0.05, 0) is 36.4 Å². The number of Topliss-reactive ketones (excluding diaryl/α,β-unsaturated/α-hetero) is 1. The summed E-state index contributed by atoms with van der Waals surface area (Å²) >= 11 is 5.96. The molecule has 2 rings (SSSR count). The highest BCUT2D eigenvalue weighted by Gasteiger charge is 2.12. The van der Waals surface area contributed by atoms with Gasteiger partial charge in [-0.15, -0.1) is 0 Å². The molecule has 0 aliphatic heterocycles. The van der Waals surface area contributed by atoms with E-state index >= 15 is 0 Å². The number of carbonyl (C=O) groups is 3. The van der Waals surface area contributed by atoms with E-state index in [2.05, 4.69) is 10.1 Å². The molecule has 1 amide bonds. The zero-order valence-corrected chi connectivity index (χ0v) is 13.8. The summed E-state index contributed by atoms with van der Waals surface area (Å²) in [6.07, 6.45) is 0.110. The molecule has 0 heterocycles. The number of ether oxygens (including phenoxy) is 1. The SMILES string of the molecule is COC(=O)c1ccc(NC(=O)CCC(=O)c2ccccc2Cl)cc1. The highest BCUT2D eigenvalue weighted by Crippen LogP contribution is 2.18. The summed E-state index contributed by atoms with van der Waals surface area (Å²) in [4.78, 5) is 35.3. The van der Waals surface area contributed by atoms with Crippen molar-refractivity contribution in [3.05, 3.63) is 64.7 Å². The fourth-order valence-corrected chi connectivity index (χ4v) is 2.32. The first-order valence-corrected chi connectivity index (χ1v) is 7.65. The molecule has 0 atom stereocenters. The van der Waals surface area contributed by atoms with Crippen molar-refractivity contribution in [2.45, 2.75) is 12.8 Å². The number of nitrogens with one attached hydrogen (secondary N) is 1. The monoisotopic (exact) mass is 345 g/mol. The largest absolute Gasteiger partial charge is 0.465 e. The van der Waals surface area contributed by atoms with Crippen LogP contribution in [0.25, 0.3) is 0 Å². The number of amides is 1. The highest BCUT2D eigenvalue weighted by atomic mass is 35.5. The van der Waals surface area contributed by atoms with Gasteiger partial charge in [-0.1, -0.05) is 23.7 Å². The average Bonchev–Trinajstić information content (AvgIpc) is 2.60. The number of esters is 1. The van der Waals surface area contributed by atoms with Crippen molar-refractivity contribution in [2.24, 2.45) is 0 Å². The summed E-state index contributed by atoms with van der Waals surface area (Å²) in [5.74, 6) is -0.920. The van der Waals surface area contributed by atoms with Crippen LogP contribution in [0.1, 0.15) is 33.6 Å². The van der Waals surface area contributed by atoms with E-state index in [9.17, 15) is 14.4 Å². The maximum absolute atomic E-state index is 12.1. The van der Waals surface area contributed by atoms with Gasteiger partial charge in [0.05, 0.1) is 17.7 Å². The Hall–Kier alpha value is -2.66. The minimum Gasteiger partial charge on any atom is -0.465 e. The number of hydrogen-bond donors (Lipinski definition) is 1. The molecule has 2 aromatic rings. The second-order valence-corrected chi connectivity index (χ2v) is 5.43. The number of ketones is 1. The maximum Gasteiger partial charge on any atom is 0.337 e. The van der Waals surface area contributed by atoms with Crippen molar-refractivity contribution in [3.63, 3.8) is 0 Å². The molecule has 0 saturated carbocycles. The van der Waals surface area contributed by atoms with Gasteiger partial charge in [0.15, 0.2) is 5.78 Å². The molecule has 124 valence electrons. The first-order valence-electron chi connectivity index (χ1n) is 7.27. The van der Waals surface area contributed by atoms with Crippen LogP contribution in [-0.2, 0) is 9.53 Å². The Balaban J connectivity index is 1.88. The standard InChI is InChI=1S/C18H16ClNO4/c1-24-18(23)12-6-8-13(9-7-12)20-17(22)11-10-16(21)14-4-2-3-5-15(14)19/h2-9H,10-11H2,1H3,(H,20,22). The lowest BCUT2D eigenvalue weighted by Crippen LogP contribution is -2.13. The molecule has 0 aliphatic carbocycles. The molecule has 0 spiro atoms. The number of carbonyl (C=O) groups excluding carboxylic acids is 3. The molecule has 5 nitrogen and oxygen atoms in total. The molecule has 0 aromatic heterocycles. The first-order chi connectivity index (χ1) is 11.5. The molecule has 0 radical (unpaired) electrons. The topological polar surface area (TPSA) is 72.5 Å². The number of hydrogen-bond acceptors (Lipinski definition) is 4. The molecule has 24 heavy (non-hydrogen) atoms. The van der Waals surface area contributed by atoms with Crippen LogP contribution in [0.3, 0.4) is 0 Å². The highest BCUT2D eigenvalue weighted by molar-refractivity contribution is 6.34. The summed E-state index contributed by atoms with van der Waals surface area (Å²) in [7, 11) is 1.30. The van der Waals surface area contributed by atoms with Crippen LogP contribution in [0.15, 0.2) is 48.5 Å². The molecular weight excluding hydrogens is 330 g/mol. The summed E-state index contributed by atoms with van der Waals surface area (Å²) in [5.41, 5.74) is 1.34. The van der Waals surface area contributed by atoms with Gasteiger partial charge in [-0.2, -0.15) is 0 Å². The van der Waals surface area contributed by atoms with Crippen molar-refractivity contribution in [3.8, 4) is 0 Å². The van der Waals surface area contributed by atoms with E-state index in [1.54, 1.807) is 48.5 Å². The lowest BCUT2D eigenvalue weighted by Gasteiger charge is -2.06. The minimum atomic E-state index is -0.446. The predicted molar refractivity (Wildman–Crippen MR) is 91.4 cm³/mol. The normalized spacial score (nSPS) is 10.1. The Morgan fingerprint density at radius 3 is 2.29 bits per heavy atom. The van der Waals surface area contributed by atoms with E-state index in [0.29, 0.717) is 21.8 Å². The number of rotatable bonds is 6. The number of halogens is 1. The van der Waals surface area contributed by atoms with Crippen molar-refractivity contribution in [2.75, 3.05) is 12.4 Å². The van der Waals surface area contributed by atoms with Gasteiger partial charge in [0.1, 0.15) is 0 Å². The van der Waals surface area contributed by atoms with Crippen LogP contribution in [0.5, 0.6) is 0 Å². The molecule has 0 aliphatic rings. The zero-order valence-electron chi connectivity index (χ0n) is 13.0. The molecule has 0 fully saturated rings. The van der Waals surface area contributed by atoms with Gasteiger partial charge in [0.2, 0.25) is 5.91 Å². The summed E-state index contributed by atoms with van der Waals surface area (Å²) in [5, 5.41) is 3.05. The number of methoxy groups -OCH3 is 1. The van der Waals surface area contributed by atoms with E-state index < -0.39 is 5.97 Å². The van der Waals surface area contributed by atoms with Crippen LogP contribution in [-0.4, -0.2) is 24.8 Å². The maximum atomic E-state index is 12.1. The smallest absolute Gasteiger partial charge is 0.337 e. The van der Waals surface area contributed by atoms with Crippen molar-refractivity contribution in [1.82, 2.24) is 0 Å². The lowest BCUT2D eigenvalue weighted by atomic mass is 10.1. The zero-order chi connectivity index (χ0) is 17.5. The quantitative estimate of drug-likeness (QED) is 0.639. The van der Waals surface area contributed by atoms with E-state index in [1.807, 2.05) is 0 Å². The van der Waals surface area contributed by atoms with E-state index in [-0.39, 0.29) is 24.5 Å². The molecule has 0 bridgehead atoms. The lowest BCUT2D eigenvalue weighted by molar-refractivity contribution is -0.116. The first kappa shape index (κ1) is 17.7. The molecule has 2 aromatic carbocycles. The van der Waals surface area contributed by atoms with Crippen molar-refractivity contribution in [1.29, 1.82) is 0 Å². The molecular formula is C18H16ClNO4. The average molecular weight is 346 g/mol. The third kappa shape index (κ3) is 4.67. The van der Waals surface area contributed by atoms with Crippen LogP contribution in [0.4, 0.5) is 5.69 Å². The van der Waals surface area contributed by atoms with E-state index in [4.69, 9.17) is 11.6 Å². The molecule has 0 saturated heterocycles. The Kier molecular flexibility index (Phi) is 6.09. The minimum absolute atomic E-state index is 0.0445. The third-order valence-corrected chi connectivity index (χ3v) is 3.67. The van der Waals surface area contributed by atoms with Gasteiger partial charge < -0.3 is 10.1 Å². The second-order valence-electron chi connectivity index (χ2n) is 5.02. The second kappa shape index (κ2) is 8.26. The number of anilines is 1. The van der Waals surface area contributed by atoms with Crippen LogP contribution < -0.4 is 5.32 Å². The fourth-order valence-electron chi connectivity index (χ4n) is 2.08.